The van der Waals surface area contributed by atoms with Gasteiger partial charge in [0.2, 0.25) is 6.29 Å². The van der Waals surface area contributed by atoms with Crippen LogP contribution in [-0.2, 0) is 47.9 Å². The van der Waals surface area contributed by atoms with Crippen molar-refractivity contribution in [2.45, 2.75) is 334 Å². The molecule has 16 atom stereocenters. The molecule has 0 bridgehead atoms. The molecule has 0 aromatic rings. The summed E-state index contributed by atoms with van der Waals surface area (Å²) in [6.45, 7) is 13.0. The first kappa shape index (κ1) is 73.6. The number of unbranched alkanes of at least 4 members (excludes halogenated alkanes) is 26. The SMILES string of the molecule is CCCCCCCCCCCCCCCCCC(O)C(C)CC(C)CC(C)CC(C)CC(C)C(=O)OC1C(OC2OC(CO)C(O)C(O)C2OS(=O)(=O)O)OC(CO)C(O)C1OC(=O)CCCCCCCCCCCCCCC. The van der Waals surface area contributed by atoms with E-state index in [4.69, 9.17) is 23.7 Å². The van der Waals surface area contributed by atoms with Crippen molar-refractivity contribution in [3.8, 4) is 0 Å². The topological polar surface area (TPSA) is 265 Å². The van der Waals surface area contributed by atoms with Gasteiger partial charge in [-0.1, -0.05) is 222 Å². The minimum absolute atomic E-state index is 0.0279. The van der Waals surface area contributed by atoms with E-state index < -0.39 is 103 Å². The van der Waals surface area contributed by atoms with Crippen LogP contribution in [0.3, 0.4) is 0 Å². The van der Waals surface area contributed by atoms with Gasteiger partial charge in [0.1, 0.15) is 30.5 Å². The molecule has 0 radical (unpaired) electrons. The van der Waals surface area contributed by atoms with Gasteiger partial charge in [-0.25, -0.2) is 4.18 Å². The predicted octanol–water partition coefficient (Wildman–Crippen LogP) is 11.4. The lowest BCUT2D eigenvalue weighted by Gasteiger charge is -2.46. The Balaban J connectivity index is 2.00. The fourth-order valence-corrected chi connectivity index (χ4v) is 12.3. The molecule has 18 heteroatoms. The van der Waals surface area contributed by atoms with Crippen LogP contribution >= 0.6 is 0 Å². The van der Waals surface area contributed by atoms with Crippen molar-refractivity contribution < 1.29 is 81.1 Å². The molecule has 0 aromatic carbocycles. The van der Waals surface area contributed by atoms with Crippen molar-refractivity contribution in [1.82, 2.24) is 0 Å². The van der Waals surface area contributed by atoms with E-state index in [9.17, 15) is 53.2 Å². The number of aliphatic hydroxyl groups is 6. The zero-order valence-corrected chi connectivity index (χ0v) is 51.1. The van der Waals surface area contributed by atoms with Crippen molar-refractivity contribution in [3.63, 3.8) is 0 Å². The smallest absolute Gasteiger partial charge is 0.397 e. The van der Waals surface area contributed by atoms with Crippen LogP contribution in [0, 0.1) is 29.6 Å². The van der Waals surface area contributed by atoms with E-state index in [0.717, 1.165) is 64.2 Å². The highest BCUT2D eigenvalue weighted by Gasteiger charge is 2.55. The lowest BCUT2D eigenvalue weighted by molar-refractivity contribution is -0.374. The number of aliphatic hydroxyl groups excluding tert-OH is 6. The van der Waals surface area contributed by atoms with Gasteiger partial charge in [0.15, 0.2) is 24.6 Å². The second-order valence-electron chi connectivity index (χ2n) is 24.3. The Labute approximate surface area is 478 Å². The molecular weight excluding hydrogens is 1040 g/mol. The Bertz CT molecular complexity index is 1640. The molecule has 0 spiro atoms. The van der Waals surface area contributed by atoms with Gasteiger partial charge in [0.25, 0.3) is 0 Å². The molecule has 16 unspecified atom stereocenters. The predicted molar refractivity (Wildman–Crippen MR) is 307 cm³/mol. The number of hydrogen-bond acceptors (Lipinski definition) is 16. The van der Waals surface area contributed by atoms with Crippen molar-refractivity contribution in [2.24, 2.45) is 29.6 Å². The van der Waals surface area contributed by atoms with Gasteiger partial charge < -0.3 is 54.3 Å². The maximum absolute atomic E-state index is 14.1. The highest BCUT2D eigenvalue weighted by molar-refractivity contribution is 7.80. The monoisotopic (exact) mass is 1150 g/mol. The maximum Gasteiger partial charge on any atom is 0.397 e. The average Bonchev–Trinajstić information content (AvgIpc) is 3.44. The first-order valence-corrected chi connectivity index (χ1v) is 33.1. The van der Waals surface area contributed by atoms with E-state index in [1.165, 1.54) is 135 Å². The molecule has 79 heavy (non-hydrogen) atoms. The molecule has 2 heterocycles. The first-order valence-electron chi connectivity index (χ1n) is 31.7. The number of ether oxygens (including phenoxy) is 5. The highest BCUT2D eigenvalue weighted by Crippen LogP contribution is 2.35. The molecule has 2 saturated heterocycles. The number of rotatable bonds is 48. The molecule has 2 aliphatic rings. The average molecular weight is 1150 g/mol. The first-order chi connectivity index (χ1) is 37.8. The molecule has 2 aliphatic heterocycles. The normalized spacial score (nSPS) is 26.1. The van der Waals surface area contributed by atoms with E-state index in [1.54, 1.807) is 6.92 Å². The van der Waals surface area contributed by atoms with E-state index in [-0.39, 0.29) is 24.4 Å². The standard InChI is InChI=1S/C61H116O17S/c1-8-10-12-14-16-18-20-22-23-25-26-28-30-32-34-36-49(64)47(6)40-45(4)38-44(3)39-46(5)41-48(7)59(69)76-58-56(75-52(65)37-35-33-31-29-27-24-21-19-17-15-13-11-9-2)54(67)51(43-63)74-61(58)77-60-57(78-79(70,71)72)55(68)53(66)50(42-62)73-60/h44-51,53-58,60-64,66-68H,8-43H2,1-7H3,(H,70,71,72). The molecule has 0 saturated carbocycles. The number of carbonyl (C=O) groups is 2. The highest BCUT2D eigenvalue weighted by atomic mass is 32.3. The van der Waals surface area contributed by atoms with E-state index in [0.29, 0.717) is 24.7 Å². The lowest BCUT2D eigenvalue weighted by atomic mass is 9.82. The van der Waals surface area contributed by atoms with Gasteiger partial charge >= 0.3 is 22.3 Å². The van der Waals surface area contributed by atoms with Gasteiger partial charge in [0.05, 0.1) is 25.2 Å². The number of esters is 2. The van der Waals surface area contributed by atoms with Gasteiger partial charge in [-0.05, 0) is 62.2 Å². The summed E-state index contributed by atoms with van der Waals surface area (Å²) in [5, 5.41) is 64.2. The largest absolute Gasteiger partial charge is 0.455 e. The molecule has 2 fully saturated rings. The Morgan fingerprint density at radius 2 is 0.886 bits per heavy atom. The summed E-state index contributed by atoms with van der Waals surface area (Å²) >= 11 is 0. The Kier molecular flexibility index (Phi) is 40.2. The van der Waals surface area contributed by atoms with Gasteiger partial charge in [0, 0.05) is 6.42 Å². The molecule has 0 aromatic heterocycles. The van der Waals surface area contributed by atoms with Crippen LogP contribution < -0.4 is 0 Å². The van der Waals surface area contributed by atoms with Crippen molar-refractivity contribution in [3.05, 3.63) is 0 Å². The number of hydrogen-bond donors (Lipinski definition) is 7. The van der Waals surface area contributed by atoms with Crippen LogP contribution in [0.25, 0.3) is 0 Å². The van der Waals surface area contributed by atoms with Crippen LogP contribution in [-0.4, -0.2) is 136 Å². The molecule has 17 nitrogen and oxygen atoms in total. The molecule has 2 rings (SSSR count). The van der Waals surface area contributed by atoms with Crippen molar-refractivity contribution >= 4 is 22.3 Å². The van der Waals surface area contributed by atoms with Crippen molar-refractivity contribution in [1.29, 1.82) is 0 Å². The summed E-state index contributed by atoms with van der Waals surface area (Å²) in [6.07, 6.45) is 19.1. The van der Waals surface area contributed by atoms with Gasteiger partial charge in [-0.3, -0.25) is 14.1 Å². The van der Waals surface area contributed by atoms with Crippen LogP contribution in [0.15, 0.2) is 0 Å². The summed E-state index contributed by atoms with van der Waals surface area (Å²) < 4.78 is 67.3. The minimum atomic E-state index is -5.32. The molecule has 468 valence electrons. The third kappa shape index (κ3) is 31.8. The van der Waals surface area contributed by atoms with Crippen molar-refractivity contribution in [2.75, 3.05) is 13.2 Å². The molecule has 0 aliphatic carbocycles. The second kappa shape index (κ2) is 43.1. The summed E-state index contributed by atoms with van der Waals surface area (Å²) in [5.41, 5.74) is 0. The zero-order chi connectivity index (χ0) is 58.6. The van der Waals surface area contributed by atoms with Crippen LogP contribution in [0.4, 0.5) is 0 Å². The van der Waals surface area contributed by atoms with Crippen LogP contribution in [0.2, 0.25) is 0 Å². The van der Waals surface area contributed by atoms with Crippen LogP contribution in [0.1, 0.15) is 267 Å². The van der Waals surface area contributed by atoms with E-state index in [2.05, 4.69) is 38.8 Å². The fraction of sp³-hybridized carbons (Fsp3) is 0.967. The van der Waals surface area contributed by atoms with E-state index >= 15 is 0 Å². The minimum Gasteiger partial charge on any atom is -0.455 e. The number of carbonyl (C=O) groups excluding carboxylic acids is 2. The summed E-state index contributed by atoms with van der Waals surface area (Å²) in [5.74, 6) is -1.29. The summed E-state index contributed by atoms with van der Waals surface area (Å²) in [7, 11) is -5.32. The third-order valence-electron chi connectivity index (χ3n) is 16.4. The van der Waals surface area contributed by atoms with Crippen LogP contribution in [0.5, 0.6) is 0 Å². The Morgan fingerprint density at radius 1 is 0.494 bits per heavy atom. The van der Waals surface area contributed by atoms with E-state index in [1.807, 2.05) is 6.92 Å². The summed E-state index contributed by atoms with van der Waals surface area (Å²) in [4.78, 5) is 27.6. The Hall–Kier alpha value is -1.55. The summed E-state index contributed by atoms with van der Waals surface area (Å²) in [6, 6.07) is 0. The maximum atomic E-state index is 14.1. The van der Waals surface area contributed by atoms with Gasteiger partial charge in [-0.15, -0.1) is 0 Å². The zero-order valence-electron chi connectivity index (χ0n) is 50.3. The third-order valence-corrected chi connectivity index (χ3v) is 16.9. The van der Waals surface area contributed by atoms with Gasteiger partial charge in [-0.2, -0.15) is 8.42 Å². The fourth-order valence-electron chi connectivity index (χ4n) is 11.9. The molecule has 0 amide bonds. The lowest BCUT2D eigenvalue weighted by Crippen LogP contribution is -2.65. The second-order valence-corrected chi connectivity index (χ2v) is 25.4. The Morgan fingerprint density at radius 3 is 1.33 bits per heavy atom. The quantitative estimate of drug-likeness (QED) is 0.0170. The molecule has 7 N–H and O–H groups in total. The molecular formula is C61H116O17S.